The fourth-order valence-electron chi connectivity index (χ4n) is 11.6. The highest BCUT2D eigenvalue weighted by atomic mass is 31.2. The monoisotopic (exact) mass is 1400 g/mol. The Bertz CT molecular complexity index is 1850. The highest BCUT2D eigenvalue weighted by Gasteiger charge is 2.30. The van der Waals surface area contributed by atoms with Crippen LogP contribution >= 0.6 is 15.6 Å². The van der Waals surface area contributed by atoms with E-state index in [1.807, 2.05) is 0 Å². The summed E-state index contributed by atoms with van der Waals surface area (Å²) in [7, 11) is -9.91. The van der Waals surface area contributed by atoms with Crippen LogP contribution in [0.15, 0.2) is 0 Å². The number of unbranched alkanes of at least 4 members (excludes halogenated alkanes) is 42. The molecular formula is C76H148O17P2. The fraction of sp³-hybridized carbons (Fsp3) is 0.947. The van der Waals surface area contributed by atoms with E-state index in [4.69, 9.17) is 37.0 Å². The molecule has 0 radical (unpaired) electrons. The van der Waals surface area contributed by atoms with Gasteiger partial charge in [0.2, 0.25) is 0 Å². The molecular weight excluding hydrogens is 1250 g/mol. The Morgan fingerprint density at radius 1 is 0.284 bits per heavy atom. The summed E-state index contributed by atoms with van der Waals surface area (Å²) in [5.74, 6) is 0.177. The van der Waals surface area contributed by atoms with Crippen molar-refractivity contribution in [3.05, 3.63) is 0 Å². The number of esters is 4. The van der Waals surface area contributed by atoms with E-state index in [0.29, 0.717) is 25.7 Å². The standard InChI is InChI=1S/C76H148O17P2/c1-8-9-10-11-12-13-28-36-43-50-57-73(78)86-64-72(93-76(81)60-53-46-39-32-31-35-42-49-56-69(6)7)66-91-95(84,85)89-62-70(77)61-88-94(82,83)90-65-71(63-87-74(79)58-51-44-37-29-25-24-27-34-41-48-55-68(4)5)92-75(80)59-52-45-38-30-23-21-19-17-15-14-16-18-20-22-26-33-40-47-54-67(2)3/h67-72,77H,8-66H2,1-7H3,(H,82,83)(H,84,85)/t70-,71-,72-/m1/s1. The van der Waals surface area contributed by atoms with E-state index >= 15 is 0 Å². The van der Waals surface area contributed by atoms with Crippen molar-refractivity contribution in [1.82, 2.24) is 0 Å². The van der Waals surface area contributed by atoms with Gasteiger partial charge in [0.05, 0.1) is 26.4 Å². The van der Waals surface area contributed by atoms with Gasteiger partial charge in [-0.1, -0.05) is 337 Å². The highest BCUT2D eigenvalue weighted by molar-refractivity contribution is 7.47. The molecule has 0 rings (SSSR count). The predicted molar refractivity (Wildman–Crippen MR) is 386 cm³/mol. The van der Waals surface area contributed by atoms with Crippen LogP contribution in [-0.2, 0) is 65.4 Å². The van der Waals surface area contributed by atoms with Gasteiger partial charge in [0, 0.05) is 25.7 Å². The molecule has 3 N–H and O–H groups in total. The summed E-state index contributed by atoms with van der Waals surface area (Å²) in [6.45, 7) is 11.9. The molecule has 0 spiro atoms. The largest absolute Gasteiger partial charge is 0.472 e. The Hall–Kier alpha value is -1.94. The summed E-state index contributed by atoms with van der Waals surface area (Å²) in [4.78, 5) is 72.7. The number of carbonyl (C=O) groups is 4. The van der Waals surface area contributed by atoms with Gasteiger partial charge in [-0.25, -0.2) is 9.13 Å². The topological polar surface area (TPSA) is 237 Å². The summed E-state index contributed by atoms with van der Waals surface area (Å²) in [5.41, 5.74) is 0. The Balaban J connectivity index is 5.20. The summed E-state index contributed by atoms with van der Waals surface area (Å²) >= 11 is 0. The summed E-state index contributed by atoms with van der Waals surface area (Å²) in [6.07, 6.45) is 52.8. The van der Waals surface area contributed by atoms with E-state index < -0.39 is 97.5 Å². The maximum atomic E-state index is 13.1. The third-order valence-electron chi connectivity index (χ3n) is 17.6. The van der Waals surface area contributed by atoms with Crippen molar-refractivity contribution in [2.45, 2.75) is 407 Å². The number of rotatable bonds is 74. The molecule has 17 nitrogen and oxygen atoms in total. The molecule has 0 aliphatic carbocycles. The molecule has 0 saturated carbocycles. The van der Waals surface area contributed by atoms with Gasteiger partial charge in [0.15, 0.2) is 12.2 Å². The number of hydrogen-bond donors (Lipinski definition) is 3. The average Bonchev–Trinajstić information content (AvgIpc) is 1.37. The Morgan fingerprint density at radius 2 is 0.484 bits per heavy atom. The molecule has 0 aromatic heterocycles. The molecule has 0 heterocycles. The second-order valence-corrected chi connectivity index (χ2v) is 31.7. The lowest BCUT2D eigenvalue weighted by Gasteiger charge is -2.21. The molecule has 0 aliphatic rings. The lowest BCUT2D eigenvalue weighted by molar-refractivity contribution is -0.161. The molecule has 0 aromatic rings. The van der Waals surface area contributed by atoms with Crippen LogP contribution in [0.4, 0.5) is 0 Å². The lowest BCUT2D eigenvalue weighted by Crippen LogP contribution is -2.30. The van der Waals surface area contributed by atoms with Crippen molar-refractivity contribution in [2.75, 3.05) is 39.6 Å². The minimum Gasteiger partial charge on any atom is -0.462 e. The highest BCUT2D eigenvalue weighted by Crippen LogP contribution is 2.45. The predicted octanol–water partition coefficient (Wildman–Crippen LogP) is 22.2. The maximum absolute atomic E-state index is 13.1. The van der Waals surface area contributed by atoms with Crippen LogP contribution in [0.5, 0.6) is 0 Å². The van der Waals surface area contributed by atoms with Crippen molar-refractivity contribution < 1.29 is 80.2 Å². The van der Waals surface area contributed by atoms with Crippen molar-refractivity contribution in [3.8, 4) is 0 Å². The average molecular weight is 1400 g/mol. The van der Waals surface area contributed by atoms with Crippen LogP contribution in [0, 0.1) is 17.8 Å². The van der Waals surface area contributed by atoms with Crippen molar-refractivity contribution >= 4 is 39.5 Å². The van der Waals surface area contributed by atoms with E-state index in [1.54, 1.807) is 0 Å². The number of ether oxygens (including phenoxy) is 4. The van der Waals surface area contributed by atoms with Gasteiger partial charge < -0.3 is 33.8 Å². The molecule has 95 heavy (non-hydrogen) atoms. The first-order valence-corrected chi connectivity index (χ1v) is 42.3. The summed E-state index contributed by atoms with van der Waals surface area (Å²) in [6, 6.07) is 0. The quantitative estimate of drug-likeness (QED) is 0.0222. The lowest BCUT2D eigenvalue weighted by atomic mass is 10.0. The second kappa shape index (κ2) is 66.6. The third kappa shape index (κ3) is 70.3. The van der Waals surface area contributed by atoms with Gasteiger partial charge in [-0.15, -0.1) is 0 Å². The molecule has 0 bridgehead atoms. The van der Waals surface area contributed by atoms with Crippen LogP contribution in [0.3, 0.4) is 0 Å². The van der Waals surface area contributed by atoms with E-state index in [9.17, 15) is 43.2 Å². The van der Waals surface area contributed by atoms with Gasteiger partial charge in [-0.3, -0.25) is 37.3 Å². The fourth-order valence-corrected chi connectivity index (χ4v) is 13.2. The van der Waals surface area contributed by atoms with Gasteiger partial charge in [-0.05, 0) is 43.4 Å². The number of hydrogen-bond acceptors (Lipinski definition) is 15. The van der Waals surface area contributed by atoms with Gasteiger partial charge in [-0.2, -0.15) is 0 Å². The van der Waals surface area contributed by atoms with Gasteiger partial charge in [0.1, 0.15) is 19.3 Å². The number of phosphoric ester groups is 2. The molecule has 19 heteroatoms. The minimum atomic E-state index is -4.96. The van der Waals surface area contributed by atoms with Gasteiger partial charge in [0.25, 0.3) is 0 Å². The normalized spacial score (nSPS) is 14.1. The Kier molecular flexibility index (Phi) is 65.2. The zero-order valence-electron chi connectivity index (χ0n) is 62.1. The van der Waals surface area contributed by atoms with Crippen LogP contribution < -0.4 is 0 Å². The third-order valence-corrected chi connectivity index (χ3v) is 19.5. The summed E-state index contributed by atoms with van der Waals surface area (Å²) < 4.78 is 68.5. The number of carbonyl (C=O) groups excluding carboxylic acids is 4. The van der Waals surface area contributed by atoms with Crippen LogP contribution in [0.1, 0.15) is 389 Å². The molecule has 0 saturated heterocycles. The second-order valence-electron chi connectivity index (χ2n) is 28.8. The molecule has 0 aliphatic heterocycles. The molecule has 5 atom stereocenters. The molecule has 0 amide bonds. The number of phosphoric acid groups is 2. The van der Waals surface area contributed by atoms with Gasteiger partial charge >= 0.3 is 39.5 Å². The molecule has 0 aromatic carbocycles. The van der Waals surface area contributed by atoms with Crippen molar-refractivity contribution in [3.63, 3.8) is 0 Å². The zero-order chi connectivity index (χ0) is 70.1. The van der Waals surface area contributed by atoms with E-state index in [2.05, 4.69) is 48.5 Å². The van der Waals surface area contributed by atoms with Crippen molar-refractivity contribution in [2.24, 2.45) is 17.8 Å². The van der Waals surface area contributed by atoms with E-state index in [0.717, 1.165) is 108 Å². The Labute approximate surface area is 581 Å². The number of aliphatic hydroxyl groups is 1. The zero-order valence-corrected chi connectivity index (χ0v) is 63.9. The van der Waals surface area contributed by atoms with Crippen LogP contribution in [0.2, 0.25) is 0 Å². The molecule has 0 fully saturated rings. The first-order valence-electron chi connectivity index (χ1n) is 39.3. The maximum Gasteiger partial charge on any atom is 0.472 e. The minimum absolute atomic E-state index is 0.104. The Morgan fingerprint density at radius 3 is 0.716 bits per heavy atom. The SMILES string of the molecule is CCCCCCCCCCCCC(=O)OC[C@H](COP(=O)(O)OC[C@H](O)COP(=O)(O)OC[C@@H](COC(=O)CCCCCCCCCCCCC(C)C)OC(=O)CCCCCCCCCCCCCCCCCCCCC(C)C)OC(=O)CCCCCCCCCCC(C)C. The first kappa shape index (κ1) is 93.1. The summed E-state index contributed by atoms with van der Waals surface area (Å²) in [5, 5.41) is 10.6. The van der Waals surface area contributed by atoms with Crippen molar-refractivity contribution in [1.29, 1.82) is 0 Å². The smallest absolute Gasteiger partial charge is 0.462 e. The van der Waals surface area contributed by atoms with E-state index in [-0.39, 0.29) is 25.7 Å². The number of aliphatic hydroxyl groups excluding tert-OH is 1. The molecule has 2 unspecified atom stereocenters. The van der Waals surface area contributed by atoms with E-state index in [1.165, 1.54) is 199 Å². The van der Waals surface area contributed by atoms with Crippen LogP contribution in [0.25, 0.3) is 0 Å². The molecule has 564 valence electrons. The van der Waals surface area contributed by atoms with Crippen LogP contribution in [-0.4, -0.2) is 96.7 Å². The first-order chi connectivity index (χ1) is 45.7.